The minimum Gasteiger partial charge on any atom is -0.406 e. The Hall–Kier alpha value is -2.12. The van der Waals surface area contributed by atoms with Gasteiger partial charge in [0.1, 0.15) is 11.6 Å². The summed E-state index contributed by atoms with van der Waals surface area (Å²) in [6.45, 7) is 3.24. The van der Waals surface area contributed by atoms with E-state index in [4.69, 9.17) is 0 Å². The van der Waals surface area contributed by atoms with Crippen LogP contribution in [0.3, 0.4) is 0 Å². The van der Waals surface area contributed by atoms with Gasteiger partial charge in [0.25, 0.3) is 0 Å². The number of hydrogen-bond acceptors (Lipinski definition) is 3. The number of nitrogens with one attached hydrogen (secondary N) is 1. The van der Waals surface area contributed by atoms with E-state index in [-0.39, 0.29) is 17.6 Å². The van der Waals surface area contributed by atoms with Gasteiger partial charge in [-0.2, -0.15) is 0 Å². The lowest BCUT2D eigenvalue weighted by Crippen LogP contribution is -2.45. The third kappa shape index (κ3) is 4.70. The van der Waals surface area contributed by atoms with E-state index in [1.54, 1.807) is 24.3 Å². The molecule has 3 nitrogen and oxygen atoms in total. The zero-order valence-corrected chi connectivity index (χ0v) is 13.4. The van der Waals surface area contributed by atoms with Gasteiger partial charge in [0.2, 0.25) is 0 Å². The Morgan fingerprint density at radius 2 is 1.40 bits per heavy atom. The average molecular weight is 354 g/mol. The van der Waals surface area contributed by atoms with Crippen molar-refractivity contribution < 1.29 is 22.3 Å². The second-order valence-corrected chi connectivity index (χ2v) is 5.86. The summed E-state index contributed by atoms with van der Waals surface area (Å²) in [5.74, 6) is -0.578. The number of ether oxygens (including phenoxy) is 1. The molecule has 1 N–H and O–H groups in total. The van der Waals surface area contributed by atoms with Crippen LogP contribution in [-0.2, 0) is 0 Å². The summed E-state index contributed by atoms with van der Waals surface area (Å²) >= 11 is 0. The molecule has 1 aliphatic heterocycles. The first-order valence-electron chi connectivity index (χ1n) is 7.98. The Kier molecular flexibility index (Phi) is 5.24. The molecule has 0 aliphatic carbocycles. The van der Waals surface area contributed by atoms with Gasteiger partial charge in [-0.15, -0.1) is 13.2 Å². The average Bonchev–Trinajstić information content (AvgIpc) is 2.58. The summed E-state index contributed by atoms with van der Waals surface area (Å²) in [6, 6.07) is 11.9. The predicted molar refractivity (Wildman–Crippen MR) is 85.8 cm³/mol. The molecule has 0 unspecified atom stereocenters. The quantitative estimate of drug-likeness (QED) is 0.847. The minimum absolute atomic E-state index is 0.150. The Labute approximate surface area is 143 Å². The van der Waals surface area contributed by atoms with Gasteiger partial charge >= 0.3 is 6.36 Å². The molecule has 1 aliphatic rings. The molecular weight excluding hydrogens is 336 g/mol. The monoisotopic (exact) mass is 354 g/mol. The number of piperazine rings is 1. The molecule has 0 spiro atoms. The molecule has 0 aromatic heterocycles. The van der Waals surface area contributed by atoms with Gasteiger partial charge in [0.05, 0.1) is 6.04 Å². The van der Waals surface area contributed by atoms with Crippen molar-refractivity contribution in [1.82, 2.24) is 10.2 Å². The van der Waals surface area contributed by atoms with Crippen LogP contribution in [0.1, 0.15) is 17.2 Å². The van der Waals surface area contributed by atoms with Crippen LogP contribution in [0.25, 0.3) is 0 Å². The summed E-state index contributed by atoms with van der Waals surface area (Å²) in [7, 11) is 0. The van der Waals surface area contributed by atoms with Gasteiger partial charge in [-0.05, 0) is 35.4 Å². The van der Waals surface area contributed by atoms with Gasteiger partial charge in [-0.25, -0.2) is 4.39 Å². The molecule has 1 atom stereocenters. The number of halogens is 4. The Morgan fingerprint density at radius 1 is 0.880 bits per heavy atom. The fourth-order valence-electron chi connectivity index (χ4n) is 3.05. The Morgan fingerprint density at radius 3 is 1.92 bits per heavy atom. The van der Waals surface area contributed by atoms with Crippen LogP contribution < -0.4 is 10.1 Å². The fourth-order valence-corrected chi connectivity index (χ4v) is 3.05. The van der Waals surface area contributed by atoms with Crippen LogP contribution in [0.5, 0.6) is 5.75 Å². The van der Waals surface area contributed by atoms with Crippen LogP contribution in [0.4, 0.5) is 17.6 Å². The summed E-state index contributed by atoms with van der Waals surface area (Å²) in [5, 5.41) is 3.27. The van der Waals surface area contributed by atoms with E-state index in [2.05, 4.69) is 15.0 Å². The Balaban J connectivity index is 1.89. The molecule has 25 heavy (non-hydrogen) atoms. The highest BCUT2D eigenvalue weighted by molar-refractivity contribution is 5.36. The molecule has 0 saturated carbocycles. The van der Waals surface area contributed by atoms with E-state index in [1.807, 2.05) is 0 Å². The van der Waals surface area contributed by atoms with E-state index in [0.29, 0.717) is 0 Å². The van der Waals surface area contributed by atoms with Crippen molar-refractivity contribution in [3.05, 3.63) is 65.5 Å². The molecule has 1 saturated heterocycles. The third-order valence-electron chi connectivity index (χ3n) is 4.13. The smallest absolute Gasteiger partial charge is 0.406 e. The van der Waals surface area contributed by atoms with E-state index >= 15 is 0 Å². The fraction of sp³-hybridized carbons (Fsp3) is 0.333. The lowest BCUT2D eigenvalue weighted by atomic mass is 9.96. The largest absolute Gasteiger partial charge is 0.573 e. The van der Waals surface area contributed by atoms with Gasteiger partial charge in [0, 0.05) is 26.2 Å². The first-order valence-corrected chi connectivity index (χ1v) is 7.98. The summed E-state index contributed by atoms with van der Waals surface area (Å²) < 4.78 is 54.2. The maximum absolute atomic E-state index is 13.3. The third-order valence-corrected chi connectivity index (χ3v) is 4.13. The summed E-state index contributed by atoms with van der Waals surface area (Å²) in [5.41, 5.74) is 1.73. The highest BCUT2D eigenvalue weighted by atomic mass is 19.4. The molecule has 0 amide bonds. The number of hydrogen-bond donors (Lipinski definition) is 1. The highest BCUT2D eigenvalue weighted by Gasteiger charge is 2.31. The standard InChI is InChI=1S/C18H18F4N2O/c19-15-5-1-13(2-6-15)17(24-11-9-23-10-12-24)14-3-7-16(8-4-14)25-18(20,21)22/h1-8,17,23H,9-12H2/t17-/m1/s1. The van der Waals surface area contributed by atoms with Gasteiger partial charge < -0.3 is 10.1 Å². The van der Waals surface area contributed by atoms with Crippen molar-refractivity contribution in [2.75, 3.05) is 26.2 Å². The number of nitrogens with zero attached hydrogens (tertiary/aromatic N) is 1. The van der Waals surface area contributed by atoms with Crippen molar-refractivity contribution in [3.8, 4) is 5.75 Å². The highest BCUT2D eigenvalue weighted by Crippen LogP contribution is 2.31. The topological polar surface area (TPSA) is 24.5 Å². The Bertz CT molecular complexity index is 680. The molecule has 0 bridgehead atoms. The van der Waals surface area contributed by atoms with Crippen LogP contribution >= 0.6 is 0 Å². The number of rotatable bonds is 4. The normalized spacial score (nSPS) is 17.3. The molecule has 0 radical (unpaired) electrons. The summed E-state index contributed by atoms with van der Waals surface area (Å²) in [6.07, 6.45) is -4.71. The molecule has 3 rings (SSSR count). The van der Waals surface area contributed by atoms with E-state index in [0.717, 1.165) is 37.3 Å². The summed E-state index contributed by atoms with van der Waals surface area (Å²) in [4.78, 5) is 2.23. The van der Waals surface area contributed by atoms with E-state index < -0.39 is 6.36 Å². The van der Waals surface area contributed by atoms with Crippen LogP contribution in [0.2, 0.25) is 0 Å². The second-order valence-electron chi connectivity index (χ2n) is 5.86. The van der Waals surface area contributed by atoms with E-state index in [9.17, 15) is 17.6 Å². The zero-order valence-electron chi connectivity index (χ0n) is 13.4. The molecule has 134 valence electrons. The molecule has 7 heteroatoms. The van der Waals surface area contributed by atoms with Crippen LogP contribution in [-0.4, -0.2) is 37.4 Å². The van der Waals surface area contributed by atoms with Crippen LogP contribution in [0.15, 0.2) is 48.5 Å². The minimum atomic E-state index is -4.71. The molecular formula is C18H18F4N2O. The lowest BCUT2D eigenvalue weighted by Gasteiger charge is -2.35. The van der Waals surface area contributed by atoms with Gasteiger partial charge in [-0.1, -0.05) is 24.3 Å². The van der Waals surface area contributed by atoms with Crippen LogP contribution in [0, 0.1) is 5.82 Å². The number of alkyl halides is 3. The van der Waals surface area contributed by atoms with E-state index in [1.165, 1.54) is 24.3 Å². The second kappa shape index (κ2) is 7.41. The van der Waals surface area contributed by atoms with Crippen molar-refractivity contribution >= 4 is 0 Å². The first kappa shape index (κ1) is 17.7. The maximum atomic E-state index is 13.3. The molecule has 2 aromatic carbocycles. The first-order chi connectivity index (χ1) is 11.9. The zero-order chi connectivity index (χ0) is 17.9. The molecule has 1 fully saturated rings. The SMILES string of the molecule is Fc1ccc([C@H](c2ccc(OC(F)(F)F)cc2)N2CCNCC2)cc1. The van der Waals surface area contributed by atoms with Gasteiger partial charge in [0.15, 0.2) is 0 Å². The molecule has 1 heterocycles. The van der Waals surface area contributed by atoms with Crippen molar-refractivity contribution in [2.45, 2.75) is 12.4 Å². The molecule has 2 aromatic rings. The van der Waals surface area contributed by atoms with Gasteiger partial charge in [-0.3, -0.25) is 4.90 Å². The van der Waals surface area contributed by atoms with Crippen molar-refractivity contribution in [2.24, 2.45) is 0 Å². The number of benzene rings is 2. The predicted octanol–water partition coefficient (Wildman–Crippen LogP) is 3.72. The van der Waals surface area contributed by atoms with Crippen molar-refractivity contribution in [3.63, 3.8) is 0 Å². The lowest BCUT2D eigenvalue weighted by molar-refractivity contribution is -0.274. The maximum Gasteiger partial charge on any atom is 0.573 e. The van der Waals surface area contributed by atoms with Crippen molar-refractivity contribution in [1.29, 1.82) is 0 Å².